The summed E-state index contributed by atoms with van der Waals surface area (Å²) in [5, 5.41) is 0. The zero-order valence-electron chi connectivity index (χ0n) is 6.73. The SMILES string of the molecule is FC(F)(F)N1CCc2cc[c]cc21. The molecule has 0 aromatic heterocycles. The summed E-state index contributed by atoms with van der Waals surface area (Å²) in [6, 6.07) is 7.36. The lowest BCUT2D eigenvalue weighted by Gasteiger charge is -2.21. The first-order valence-corrected chi connectivity index (χ1v) is 3.92. The number of benzene rings is 1. The van der Waals surface area contributed by atoms with Crippen LogP contribution in [0.5, 0.6) is 0 Å². The van der Waals surface area contributed by atoms with Crippen LogP contribution < -0.4 is 4.90 Å². The molecule has 1 heterocycles. The molecule has 0 spiro atoms. The third kappa shape index (κ3) is 1.36. The fraction of sp³-hybridized carbons (Fsp3) is 0.333. The van der Waals surface area contributed by atoms with Crippen LogP contribution in [0, 0.1) is 6.07 Å². The molecule has 2 rings (SSSR count). The average Bonchev–Trinajstić information content (AvgIpc) is 2.45. The number of halogens is 3. The molecular weight excluding hydrogens is 179 g/mol. The van der Waals surface area contributed by atoms with E-state index >= 15 is 0 Å². The summed E-state index contributed by atoms with van der Waals surface area (Å²) in [7, 11) is 0. The van der Waals surface area contributed by atoms with Gasteiger partial charge in [-0.2, -0.15) is 13.2 Å². The van der Waals surface area contributed by atoms with E-state index in [9.17, 15) is 13.2 Å². The van der Waals surface area contributed by atoms with E-state index in [1.807, 2.05) is 0 Å². The van der Waals surface area contributed by atoms with Crippen molar-refractivity contribution in [3.05, 3.63) is 29.8 Å². The Labute approximate surface area is 73.8 Å². The van der Waals surface area contributed by atoms with Crippen molar-refractivity contribution >= 4 is 5.69 Å². The van der Waals surface area contributed by atoms with E-state index in [4.69, 9.17) is 0 Å². The van der Waals surface area contributed by atoms with Crippen LogP contribution in [0.2, 0.25) is 0 Å². The highest BCUT2D eigenvalue weighted by Gasteiger charge is 2.40. The third-order valence-electron chi connectivity index (χ3n) is 2.13. The van der Waals surface area contributed by atoms with Gasteiger partial charge in [-0.3, -0.25) is 4.90 Å². The van der Waals surface area contributed by atoms with Gasteiger partial charge in [0.05, 0.1) is 0 Å². The molecule has 0 saturated heterocycles. The van der Waals surface area contributed by atoms with Gasteiger partial charge in [0.25, 0.3) is 0 Å². The van der Waals surface area contributed by atoms with Crippen molar-refractivity contribution in [2.45, 2.75) is 12.7 Å². The Bertz CT molecular complexity index is 319. The predicted octanol–water partition coefficient (Wildman–Crippen LogP) is 2.37. The van der Waals surface area contributed by atoms with Gasteiger partial charge in [-0.25, -0.2) is 0 Å². The molecule has 1 nitrogen and oxygen atoms in total. The Morgan fingerprint density at radius 1 is 1.38 bits per heavy atom. The minimum absolute atomic E-state index is 0.0245. The molecule has 0 N–H and O–H groups in total. The standard InChI is InChI=1S/C9H7F3N/c10-9(11,12)13-6-5-7-3-1-2-4-8(7)13/h1,3-4H,5-6H2. The minimum atomic E-state index is -4.26. The van der Waals surface area contributed by atoms with Gasteiger partial charge in [0, 0.05) is 12.2 Å². The second-order valence-corrected chi connectivity index (χ2v) is 2.92. The van der Waals surface area contributed by atoms with Gasteiger partial charge < -0.3 is 0 Å². The molecular formula is C9H7F3N. The van der Waals surface area contributed by atoms with E-state index in [2.05, 4.69) is 6.07 Å². The molecule has 1 aliphatic heterocycles. The van der Waals surface area contributed by atoms with Gasteiger partial charge in [0.15, 0.2) is 0 Å². The first-order chi connectivity index (χ1) is 6.09. The van der Waals surface area contributed by atoms with Crippen LogP contribution in [0.25, 0.3) is 0 Å². The van der Waals surface area contributed by atoms with Gasteiger partial charge in [-0.15, -0.1) is 0 Å². The van der Waals surface area contributed by atoms with Crippen LogP contribution in [0.3, 0.4) is 0 Å². The Kier molecular flexibility index (Phi) is 1.71. The summed E-state index contributed by atoms with van der Waals surface area (Å²) >= 11 is 0. The Hall–Kier alpha value is -1.19. The van der Waals surface area contributed by atoms with Crippen LogP contribution in [0.15, 0.2) is 18.2 Å². The molecule has 0 amide bonds. The zero-order valence-corrected chi connectivity index (χ0v) is 6.73. The maximum atomic E-state index is 12.4. The molecule has 13 heavy (non-hydrogen) atoms. The van der Waals surface area contributed by atoms with Gasteiger partial charge in [-0.1, -0.05) is 12.1 Å². The molecule has 0 atom stereocenters. The van der Waals surface area contributed by atoms with Crippen LogP contribution in [-0.4, -0.2) is 12.8 Å². The predicted molar refractivity (Wildman–Crippen MR) is 42.4 cm³/mol. The van der Waals surface area contributed by atoms with Crippen LogP contribution >= 0.6 is 0 Å². The summed E-state index contributed by atoms with van der Waals surface area (Å²) in [6.45, 7) is 0.0245. The van der Waals surface area contributed by atoms with Gasteiger partial charge in [-0.05, 0) is 24.1 Å². The molecule has 69 valence electrons. The topological polar surface area (TPSA) is 3.24 Å². The molecule has 1 radical (unpaired) electrons. The molecule has 1 aromatic rings. The lowest BCUT2D eigenvalue weighted by atomic mass is 10.2. The Balaban J connectivity index is 2.39. The average molecular weight is 186 g/mol. The first-order valence-electron chi connectivity index (χ1n) is 3.92. The van der Waals surface area contributed by atoms with Gasteiger partial charge >= 0.3 is 6.30 Å². The lowest BCUT2D eigenvalue weighted by Crippen LogP contribution is -2.36. The van der Waals surface area contributed by atoms with E-state index < -0.39 is 6.30 Å². The quantitative estimate of drug-likeness (QED) is 0.562. The Morgan fingerprint density at radius 2 is 2.15 bits per heavy atom. The van der Waals surface area contributed by atoms with Crippen molar-refractivity contribution < 1.29 is 13.2 Å². The molecule has 0 saturated carbocycles. The molecule has 0 aliphatic carbocycles. The molecule has 0 bridgehead atoms. The summed E-state index contributed by atoms with van der Waals surface area (Å²) in [5.41, 5.74) is 0.992. The lowest BCUT2D eigenvalue weighted by molar-refractivity contribution is -0.127. The van der Waals surface area contributed by atoms with Gasteiger partial charge in [0.2, 0.25) is 0 Å². The van der Waals surface area contributed by atoms with E-state index in [1.165, 1.54) is 6.07 Å². The van der Waals surface area contributed by atoms with E-state index in [1.54, 1.807) is 12.1 Å². The second kappa shape index (κ2) is 2.65. The maximum absolute atomic E-state index is 12.4. The summed E-state index contributed by atoms with van der Waals surface area (Å²) in [6.07, 6.45) is -3.80. The second-order valence-electron chi connectivity index (χ2n) is 2.92. The highest BCUT2D eigenvalue weighted by Crippen LogP contribution is 2.35. The number of nitrogens with zero attached hydrogens (tertiary/aromatic N) is 1. The van der Waals surface area contributed by atoms with Crippen LogP contribution in [0.4, 0.5) is 18.9 Å². The first kappa shape index (κ1) is 8.41. The highest BCUT2D eigenvalue weighted by atomic mass is 19.4. The summed E-state index contributed by atoms with van der Waals surface area (Å²) < 4.78 is 37.1. The highest BCUT2D eigenvalue weighted by molar-refractivity contribution is 5.58. The van der Waals surface area contributed by atoms with Crippen molar-refractivity contribution in [1.29, 1.82) is 0 Å². The summed E-state index contributed by atoms with van der Waals surface area (Å²) in [5.74, 6) is 0. The third-order valence-corrected chi connectivity index (χ3v) is 2.13. The van der Waals surface area contributed by atoms with Crippen molar-refractivity contribution in [3.63, 3.8) is 0 Å². The number of hydrogen-bond donors (Lipinski definition) is 0. The number of hydrogen-bond acceptors (Lipinski definition) is 1. The maximum Gasteiger partial charge on any atom is 0.484 e. The zero-order chi connectivity index (χ0) is 9.47. The van der Waals surface area contributed by atoms with Gasteiger partial charge in [0.1, 0.15) is 0 Å². The molecule has 1 aromatic carbocycles. The van der Waals surface area contributed by atoms with E-state index in [-0.39, 0.29) is 12.2 Å². The number of alkyl halides is 3. The van der Waals surface area contributed by atoms with Crippen molar-refractivity contribution in [2.75, 3.05) is 11.4 Å². The normalized spacial score (nSPS) is 16.1. The summed E-state index contributed by atoms with van der Waals surface area (Å²) in [4.78, 5) is 0.457. The Morgan fingerprint density at radius 3 is 2.85 bits per heavy atom. The largest absolute Gasteiger partial charge is 0.484 e. The van der Waals surface area contributed by atoms with Crippen molar-refractivity contribution in [3.8, 4) is 0 Å². The smallest absolute Gasteiger partial charge is 0.283 e. The van der Waals surface area contributed by atoms with Crippen molar-refractivity contribution in [2.24, 2.45) is 0 Å². The van der Waals surface area contributed by atoms with E-state index in [0.717, 1.165) is 5.56 Å². The number of rotatable bonds is 0. The fourth-order valence-electron chi connectivity index (χ4n) is 1.53. The minimum Gasteiger partial charge on any atom is -0.283 e. The monoisotopic (exact) mass is 186 g/mol. The fourth-order valence-corrected chi connectivity index (χ4v) is 1.53. The number of anilines is 1. The molecule has 1 aliphatic rings. The molecule has 0 fully saturated rings. The van der Waals surface area contributed by atoms with Crippen molar-refractivity contribution in [1.82, 2.24) is 0 Å². The van der Waals surface area contributed by atoms with E-state index in [0.29, 0.717) is 11.3 Å². The van der Waals surface area contributed by atoms with Crippen LogP contribution in [0.1, 0.15) is 5.56 Å². The number of fused-ring (bicyclic) bond motifs is 1. The molecule has 0 unspecified atom stereocenters. The molecule has 4 heteroatoms. The van der Waals surface area contributed by atoms with Crippen LogP contribution in [-0.2, 0) is 6.42 Å².